The molecule has 2 N–H and O–H groups in total. The van der Waals surface area contributed by atoms with E-state index in [0.717, 1.165) is 48.7 Å². The van der Waals surface area contributed by atoms with Crippen LogP contribution >= 0.6 is 0 Å². The average Bonchev–Trinajstić information content (AvgIpc) is 3.28. The lowest BCUT2D eigenvalue weighted by atomic mass is 10.0. The van der Waals surface area contributed by atoms with Gasteiger partial charge in [-0.2, -0.15) is 0 Å². The number of carbonyl (C=O) groups is 1. The van der Waals surface area contributed by atoms with Crippen molar-refractivity contribution >= 4 is 23.2 Å². The maximum absolute atomic E-state index is 12.6. The molecule has 1 aromatic heterocycles. The number of amides is 1. The number of aromatic nitrogens is 1. The number of H-pyrrole nitrogens is 1. The first-order chi connectivity index (χ1) is 15.0. The lowest BCUT2D eigenvalue weighted by molar-refractivity contribution is -0.110. The second kappa shape index (κ2) is 8.08. The lowest BCUT2D eigenvalue weighted by Gasteiger charge is -2.26. The number of nitrogens with zero attached hydrogens (tertiary/aromatic N) is 1. The molecule has 5 rings (SSSR count). The molecule has 0 saturated heterocycles. The van der Waals surface area contributed by atoms with Gasteiger partial charge in [-0.15, -0.1) is 0 Å². The fraction of sp³-hybridized carbons (Fsp3) is 0.269. The van der Waals surface area contributed by atoms with E-state index in [4.69, 9.17) is 4.74 Å². The van der Waals surface area contributed by atoms with Crippen molar-refractivity contribution < 1.29 is 9.53 Å². The first-order valence-corrected chi connectivity index (χ1v) is 10.9. The molecule has 0 spiro atoms. The van der Waals surface area contributed by atoms with Crippen molar-refractivity contribution in [2.24, 2.45) is 0 Å². The van der Waals surface area contributed by atoms with Gasteiger partial charge < -0.3 is 15.0 Å². The largest absolute Gasteiger partial charge is 0.491 e. The van der Waals surface area contributed by atoms with Gasteiger partial charge >= 0.3 is 0 Å². The molecule has 31 heavy (non-hydrogen) atoms. The fourth-order valence-corrected chi connectivity index (χ4v) is 4.39. The third-order valence-electron chi connectivity index (χ3n) is 5.78. The van der Waals surface area contributed by atoms with Crippen LogP contribution in [0.15, 0.2) is 54.6 Å². The number of carbonyl (C=O) groups excluding carboxylic acids is 1. The van der Waals surface area contributed by atoms with Gasteiger partial charge in [-0.1, -0.05) is 30.3 Å². The Morgan fingerprint density at radius 1 is 1.13 bits per heavy atom. The van der Waals surface area contributed by atoms with Crippen LogP contribution in [0.3, 0.4) is 0 Å². The number of fused-ring (bicyclic) bond motifs is 2. The number of hydrogen-bond donors (Lipinski definition) is 2. The molecule has 0 radical (unpaired) electrons. The van der Waals surface area contributed by atoms with Crippen LogP contribution in [-0.2, 0) is 24.3 Å². The van der Waals surface area contributed by atoms with Gasteiger partial charge in [0.25, 0.3) is 5.91 Å². The molecule has 3 heterocycles. The van der Waals surface area contributed by atoms with Crippen LogP contribution in [0.4, 0.5) is 5.69 Å². The van der Waals surface area contributed by atoms with E-state index in [0.29, 0.717) is 5.57 Å². The summed E-state index contributed by atoms with van der Waals surface area (Å²) in [6.07, 6.45) is 3.03. The fourth-order valence-electron chi connectivity index (χ4n) is 4.39. The smallest absolute Gasteiger partial charge is 0.256 e. The van der Waals surface area contributed by atoms with E-state index in [9.17, 15) is 4.79 Å². The summed E-state index contributed by atoms with van der Waals surface area (Å²) in [7, 11) is 0. The Balaban J connectivity index is 1.38. The highest BCUT2D eigenvalue weighted by molar-refractivity contribution is 6.34. The minimum atomic E-state index is -0.0741. The molecule has 1 amide bonds. The molecule has 0 fully saturated rings. The summed E-state index contributed by atoms with van der Waals surface area (Å²) in [6.45, 7) is 6.89. The van der Waals surface area contributed by atoms with Gasteiger partial charge in [0.15, 0.2) is 0 Å². The molecule has 0 bridgehead atoms. The van der Waals surface area contributed by atoms with Crippen molar-refractivity contribution in [1.82, 2.24) is 9.88 Å². The number of anilines is 1. The summed E-state index contributed by atoms with van der Waals surface area (Å²) in [5.41, 5.74) is 7.28. The SMILES string of the molecule is CC(C)Oc1ccc2c(c1)/C(=C/c1cc3c([nH]1)CCN(Cc1ccccc1)C3)C(=O)N2. The summed E-state index contributed by atoms with van der Waals surface area (Å²) < 4.78 is 5.82. The Labute approximate surface area is 182 Å². The van der Waals surface area contributed by atoms with Crippen molar-refractivity contribution in [3.05, 3.63) is 82.7 Å². The van der Waals surface area contributed by atoms with Crippen molar-refractivity contribution in [2.45, 2.75) is 39.5 Å². The van der Waals surface area contributed by atoms with Crippen LogP contribution in [0.5, 0.6) is 5.75 Å². The predicted octanol–water partition coefficient (Wildman–Crippen LogP) is 4.85. The van der Waals surface area contributed by atoms with E-state index in [1.807, 2.05) is 38.1 Å². The molecule has 0 saturated carbocycles. The molecule has 158 valence electrons. The lowest BCUT2D eigenvalue weighted by Crippen LogP contribution is -2.29. The molecule has 0 atom stereocenters. The van der Waals surface area contributed by atoms with Gasteiger partial charge in [-0.05, 0) is 55.3 Å². The number of ether oxygens (including phenoxy) is 1. The summed E-state index contributed by atoms with van der Waals surface area (Å²) in [5, 5.41) is 2.96. The molecule has 0 aliphatic carbocycles. The monoisotopic (exact) mass is 413 g/mol. The highest BCUT2D eigenvalue weighted by Gasteiger charge is 2.26. The summed E-state index contributed by atoms with van der Waals surface area (Å²) in [5.74, 6) is 0.702. The van der Waals surface area contributed by atoms with Crippen LogP contribution in [0.1, 0.15) is 41.9 Å². The zero-order valence-electron chi connectivity index (χ0n) is 17.9. The Kier molecular flexibility index (Phi) is 5.12. The summed E-state index contributed by atoms with van der Waals surface area (Å²) >= 11 is 0. The molecule has 0 unspecified atom stereocenters. The molecule has 2 aliphatic heterocycles. The number of aromatic amines is 1. The first-order valence-electron chi connectivity index (χ1n) is 10.9. The quantitative estimate of drug-likeness (QED) is 0.588. The van der Waals surface area contributed by atoms with Crippen molar-refractivity contribution in [2.75, 3.05) is 11.9 Å². The summed E-state index contributed by atoms with van der Waals surface area (Å²) in [6, 6.07) is 18.5. The Bertz CT molecular complexity index is 1140. The Morgan fingerprint density at radius 2 is 1.97 bits per heavy atom. The minimum Gasteiger partial charge on any atom is -0.491 e. The Morgan fingerprint density at radius 3 is 2.77 bits per heavy atom. The first kappa shape index (κ1) is 19.6. The van der Waals surface area contributed by atoms with Crippen molar-refractivity contribution in [1.29, 1.82) is 0 Å². The molecular formula is C26H27N3O2. The zero-order chi connectivity index (χ0) is 21.4. The molecular weight excluding hydrogens is 386 g/mol. The topological polar surface area (TPSA) is 57.4 Å². The second-order valence-electron chi connectivity index (χ2n) is 8.56. The van der Waals surface area contributed by atoms with Crippen molar-refractivity contribution in [3.8, 4) is 5.75 Å². The van der Waals surface area contributed by atoms with Gasteiger partial charge in [0, 0.05) is 48.7 Å². The van der Waals surface area contributed by atoms with E-state index in [1.54, 1.807) is 0 Å². The zero-order valence-corrected chi connectivity index (χ0v) is 17.9. The molecule has 5 heteroatoms. The maximum atomic E-state index is 12.6. The van der Waals surface area contributed by atoms with Crippen LogP contribution in [0.2, 0.25) is 0 Å². The van der Waals surface area contributed by atoms with Crippen LogP contribution < -0.4 is 10.1 Å². The van der Waals surface area contributed by atoms with Crippen LogP contribution in [0, 0.1) is 0 Å². The standard InChI is InChI=1S/C26H27N3O2/c1-17(2)31-21-8-9-25-22(14-21)23(26(30)28-25)13-20-12-19-16-29(11-10-24(19)27-20)15-18-6-4-3-5-7-18/h3-9,12-14,17,27H,10-11,15-16H2,1-2H3,(H,28,30)/b23-13-. The highest BCUT2D eigenvalue weighted by atomic mass is 16.5. The van der Waals surface area contributed by atoms with Crippen LogP contribution in [0.25, 0.3) is 11.6 Å². The van der Waals surface area contributed by atoms with Gasteiger partial charge in [-0.25, -0.2) is 0 Å². The van der Waals surface area contributed by atoms with Gasteiger partial charge in [0.1, 0.15) is 5.75 Å². The predicted molar refractivity (Wildman–Crippen MR) is 124 cm³/mol. The Hall–Kier alpha value is -3.31. The maximum Gasteiger partial charge on any atom is 0.256 e. The third kappa shape index (κ3) is 4.14. The van der Waals surface area contributed by atoms with Crippen LogP contribution in [-0.4, -0.2) is 28.4 Å². The third-order valence-corrected chi connectivity index (χ3v) is 5.78. The van der Waals surface area contributed by atoms with E-state index in [1.165, 1.54) is 16.8 Å². The normalized spacial score (nSPS) is 17.0. The number of hydrogen-bond acceptors (Lipinski definition) is 3. The van der Waals surface area contributed by atoms with Crippen molar-refractivity contribution in [3.63, 3.8) is 0 Å². The van der Waals surface area contributed by atoms with E-state index < -0.39 is 0 Å². The average molecular weight is 414 g/mol. The van der Waals surface area contributed by atoms with E-state index in [-0.39, 0.29) is 12.0 Å². The number of rotatable bonds is 5. The molecule has 5 nitrogen and oxygen atoms in total. The number of benzene rings is 2. The second-order valence-corrected chi connectivity index (χ2v) is 8.56. The molecule has 2 aliphatic rings. The van der Waals surface area contributed by atoms with E-state index in [2.05, 4.69) is 51.6 Å². The summed E-state index contributed by atoms with van der Waals surface area (Å²) in [4.78, 5) is 18.6. The molecule has 2 aromatic carbocycles. The minimum absolute atomic E-state index is 0.0741. The highest BCUT2D eigenvalue weighted by Crippen LogP contribution is 2.36. The van der Waals surface area contributed by atoms with Gasteiger partial charge in [0.2, 0.25) is 0 Å². The van der Waals surface area contributed by atoms with Gasteiger partial charge in [-0.3, -0.25) is 9.69 Å². The number of nitrogens with one attached hydrogen (secondary N) is 2. The van der Waals surface area contributed by atoms with E-state index >= 15 is 0 Å². The van der Waals surface area contributed by atoms with Gasteiger partial charge in [0.05, 0.1) is 11.7 Å². The molecule has 3 aromatic rings.